The van der Waals surface area contributed by atoms with E-state index < -0.39 is 0 Å². The van der Waals surface area contributed by atoms with Crippen molar-refractivity contribution in [3.63, 3.8) is 0 Å². The molecule has 19 heavy (non-hydrogen) atoms. The van der Waals surface area contributed by atoms with Gasteiger partial charge in [0.25, 0.3) is 5.91 Å². The van der Waals surface area contributed by atoms with Crippen molar-refractivity contribution in [2.24, 2.45) is 0 Å². The van der Waals surface area contributed by atoms with Crippen LogP contribution in [0.3, 0.4) is 0 Å². The van der Waals surface area contributed by atoms with Gasteiger partial charge in [0, 0.05) is 23.8 Å². The van der Waals surface area contributed by atoms with Crippen molar-refractivity contribution in [3.05, 3.63) is 29.3 Å². The summed E-state index contributed by atoms with van der Waals surface area (Å²) in [4.78, 5) is 14.6. The number of hydrogen-bond acceptors (Lipinski definition) is 3. The topological polar surface area (TPSA) is 44.4 Å². The lowest BCUT2D eigenvalue weighted by Gasteiger charge is -2.29. The molecule has 4 nitrogen and oxygen atoms in total. The Hall–Kier alpha value is -1.55. The number of hydrogen-bond donors (Lipinski definition) is 2. The molecule has 1 saturated heterocycles. The Morgan fingerprint density at radius 1 is 1.37 bits per heavy atom. The minimum atomic E-state index is 0.0734. The van der Waals surface area contributed by atoms with Crippen LogP contribution in [0.5, 0.6) is 0 Å². The molecule has 2 heterocycles. The van der Waals surface area contributed by atoms with Crippen LogP contribution in [0.25, 0.3) is 0 Å². The van der Waals surface area contributed by atoms with Gasteiger partial charge in [0.2, 0.25) is 0 Å². The van der Waals surface area contributed by atoms with E-state index in [2.05, 4.69) is 22.6 Å². The van der Waals surface area contributed by atoms with E-state index >= 15 is 0 Å². The molecule has 2 N–H and O–H groups in total. The number of carbonyl (C=O) groups excluding carboxylic acids is 1. The highest BCUT2D eigenvalue weighted by molar-refractivity contribution is 5.95. The van der Waals surface area contributed by atoms with E-state index in [9.17, 15) is 4.79 Å². The smallest absolute Gasteiger partial charge is 0.251 e. The molecule has 1 amide bonds. The second kappa shape index (κ2) is 5.21. The first-order chi connectivity index (χ1) is 9.22. The van der Waals surface area contributed by atoms with Crippen molar-refractivity contribution in [2.75, 3.05) is 32.0 Å². The van der Waals surface area contributed by atoms with Crippen molar-refractivity contribution >= 4 is 11.6 Å². The lowest BCUT2D eigenvalue weighted by molar-refractivity contribution is 0.0917. The van der Waals surface area contributed by atoms with Crippen molar-refractivity contribution in [1.82, 2.24) is 10.2 Å². The number of carbonyl (C=O) groups is 1. The summed E-state index contributed by atoms with van der Waals surface area (Å²) in [6, 6.07) is 6.29. The molecule has 0 unspecified atom stereocenters. The molecular formula is C15H21N3O. The van der Waals surface area contributed by atoms with Gasteiger partial charge in [0.05, 0.1) is 0 Å². The fraction of sp³-hybridized carbons (Fsp3) is 0.533. The van der Waals surface area contributed by atoms with Gasteiger partial charge in [0.1, 0.15) is 0 Å². The fourth-order valence-corrected chi connectivity index (χ4v) is 2.87. The largest absolute Gasteiger partial charge is 0.384 e. The van der Waals surface area contributed by atoms with Gasteiger partial charge in [0.15, 0.2) is 0 Å². The zero-order chi connectivity index (χ0) is 13.2. The van der Waals surface area contributed by atoms with E-state index in [1.165, 1.54) is 11.3 Å². The van der Waals surface area contributed by atoms with Gasteiger partial charge in [-0.1, -0.05) is 0 Å². The average molecular weight is 259 g/mol. The van der Waals surface area contributed by atoms with Gasteiger partial charge in [-0.3, -0.25) is 4.79 Å². The number of amides is 1. The van der Waals surface area contributed by atoms with Crippen LogP contribution in [-0.4, -0.2) is 43.5 Å². The first-order valence-corrected chi connectivity index (χ1v) is 7.08. The second-order valence-electron chi connectivity index (χ2n) is 5.60. The molecule has 2 aliphatic rings. The third-order valence-corrected chi connectivity index (χ3v) is 4.13. The molecule has 0 aliphatic carbocycles. The highest BCUT2D eigenvalue weighted by Crippen LogP contribution is 2.23. The zero-order valence-corrected chi connectivity index (χ0v) is 11.4. The van der Waals surface area contributed by atoms with Crippen LogP contribution in [0.1, 0.15) is 28.8 Å². The molecule has 102 valence electrons. The van der Waals surface area contributed by atoms with Crippen molar-refractivity contribution in [2.45, 2.75) is 25.3 Å². The predicted molar refractivity (Wildman–Crippen MR) is 76.6 cm³/mol. The van der Waals surface area contributed by atoms with E-state index in [0.29, 0.717) is 6.04 Å². The molecule has 3 rings (SSSR count). The molecule has 0 aromatic heterocycles. The first-order valence-electron chi connectivity index (χ1n) is 7.08. The summed E-state index contributed by atoms with van der Waals surface area (Å²) in [6.45, 7) is 3.12. The van der Waals surface area contributed by atoms with E-state index in [4.69, 9.17) is 0 Å². The summed E-state index contributed by atoms with van der Waals surface area (Å²) in [7, 11) is 2.13. The number of likely N-dealkylation sites (tertiary alicyclic amines) is 1. The number of benzene rings is 1. The summed E-state index contributed by atoms with van der Waals surface area (Å²) in [5.74, 6) is 0.0734. The van der Waals surface area contributed by atoms with Gasteiger partial charge < -0.3 is 15.5 Å². The minimum Gasteiger partial charge on any atom is -0.384 e. The Labute approximate surface area is 114 Å². The maximum atomic E-state index is 12.2. The molecule has 1 aromatic rings. The maximum Gasteiger partial charge on any atom is 0.251 e. The van der Waals surface area contributed by atoms with E-state index in [-0.39, 0.29) is 5.91 Å². The highest BCUT2D eigenvalue weighted by Gasteiger charge is 2.20. The lowest BCUT2D eigenvalue weighted by atomic mass is 10.0. The fourth-order valence-electron chi connectivity index (χ4n) is 2.87. The van der Waals surface area contributed by atoms with Crippen LogP contribution in [0.2, 0.25) is 0 Å². The Balaban J connectivity index is 1.64. The molecule has 0 atom stereocenters. The quantitative estimate of drug-likeness (QED) is 0.845. The number of rotatable bonds is 2. The summed E-state index contributed by atoms with van der Waals surface area (Å²) < 4.78 is 0. The predicted octanol–water partition coefficient (Wildman–Crippen LogP) is 1.48. The van der Waals surface area contributed by atoms with Crippen molar-refractivity contribution < 1.29 is 4.79 Å². The summed E-state index contributed by atoms with van der Waals surface area (Å²) in [5.41, 5.74) is 3.23. The third-order valence-electron chi connectivity index (χ3n) is 4.13. The lowest BCUT2D eigenvalue weighted by Crippen LogP contribution is -2.43. The minimum absolute atomic E-state index is 0.0734. The second-order valence-corrected chi connectivity index (χ2v) is 5.60. The first kappa shape index (κ1) is 12.5. The zero-order valence-electron chi connectivity index (χ0n) is 11.4. The monoisotopic (exact) mass is 259 g/mol. The molecule has 2 aliphatic heterocycles. The Morgan fingerprint density at radius 2 is 2.16 bits per heavy atom. The highest BCUT2D eigenvalue weighted by atomic mass is 16.1. The van der Waals surface area contributed by atoms with Crippen LogP contribution in [0, 0.1) is 0 Å². The molecule has 4 heteroatoms. The molecule has 0 radical (unpaired) electrons. The van der Waals surface area contributed by atoms with Gasteiger partial charge in [-0.2, -0.15) is 0 Å². The average Bonchev–Trinajstić information content (AvgIpc) is 2.88. The van der Waals surface area contributed by atoms with E-state index in [1.807, 2.05) is 18.2 Å². The molecule has 0 bridgehead atoms. The SMILES string of the molecule is CN1CCC(NC(=O)c2ccc3c(c2)CCN3)CC1. The van der Waals surface area contributed by atoms with Gasteiger partial charge in [-0.15, -0.1) is 0 Å². The van der Waals surface area contributed by atoms with Crippen LogP contribution in [0.4, 0.5) is 5.69 Å². The molecule has 1 aromatic carbocycles. The standard InChI is InChI=1S/C15H21N3O/c1-18-8-5-13(6-9-18)17-15(19)12-2-3-14-11(10-12)4-7-16-14/h2-3,10,13,16H,4-9H2,1H3,(H,17,19). The van der Waals surface area contributed by atoms with Crippen molar-refractivity contribution in [3.8, 4) is 0 Å². The van der Waals surface area contributed by atoms with Crippen LogP contribution in [-0.2, 0) is 6.42 Å². The van der Waals surface area contributed by atoms with Crippen molar-refractivity contribution in [1.29, 1.82) is 0 Å². The molecular weight excluding hydrogens is 238 g/mol. The van der Waals surface area contributed by atoms with Crippen LogP contribution in [0.15, 0.2) is 18.2 Å². The summed E-state index contributed by atoms with van der Waals surface area (Å²) in [6.07, 6.45) is 3.12. The number of anilines is 1. The summed E-state index contributed by atoms with van der Waals surface area (Å²) in [5, 5.41) is 6.48. The van der Waals surface area contributed by atoms with E-state index in [1.54, 1.807) is 0 Å². The van der Waals surface area contributed by atoms with E-state index in [0.717, 1.165) is 44.5 Å². The number of nitrogens with one attached hydrogen (secondary N) is 2. The van der Waals surface area contributed by atoms with Gasteiger partial charge in [-0.05, 0) is 63.2 Å². The Kier molecular flexibility index (Phi) is 3.42. The van der Waals surface area contributed by atoms with Crippen LogP contribution < -0.4 is 10.6 Å². The Bertz CT molecular complexity index is 478. The van der Waals surface area contributed by atoms with Crippen LogP contribution >= 0.6 is 0 Å². The molecule has 1 fully saturated rings. The number of nitrogens with zero attached hydrogens (tertiary/aromatic N) is 1. The molecule has 0 spiro atoms. The maximum absolute atomic E-state index is 12.2. The third kappa shape index (κ3) is 2.73. The Morgan fingerprint density at radius 3 is 2.95 bits per heavy atom. The normalized spacial score (nSPS) is 19.8. The molecule has 0 saturated carbocycles. The van der Waals surface area contributed by atoms with Gasteiger partial charge >= 0.3 is 0 Å². The summed E-state index contributed by atoms with van der Waals surface area (Å²) >= 11 is 0. The number of piperidine rings is 1. The number of fused-ring (bicyclic) bond motifs is 1. The van der Waals surface area contributed by atoms with Gasteiger partial charge in [-0.25, -0.2) is 0 Å².